The van der Waals surface area contributed by atoms with E-state index in [1.165, 1.54) is 11.9 Å². The summed E-state index contributed by atoms with van der Waals surface area (Å²) >= 11 is 0. The first kappa shape index (κ1) is 25.7. The van der Waals surface area contributed by atoms with Crippen molar-refractivity contribution in [2.75, 3.05) is 66.2 Å². The zero-order chi connectivity index (χ0) is 18.5. The molecule has 1 unspecified atom stereocenters. The van der Waals surface area contributed by atoms with Crippen LogP contribution >= 0.6 is 24.0 Å². The maximum atomic E-state index is 12.3. The van der Waals surface area contributed by atoms with E-state index in [1.807, 2.05) is 6.92 Å². The number of likely N-dealkylation sites (N-methyl/N-ethyl adjacent to an activating group) is 1. The van der Waals surface area contributed by atoms with E-state index in [2.05, 4.69) is 15.6 Å². The monoisotopic (exact) mass is 496 g/mol. The smallest absolute Gasteiger partial charge is 0.381 e. The normalized spacial score (nSPS) is 18.1. The number of aliphatic imine (C=N–C) groups is 1. The molecule has 0 spiro atoms. The molecular weight excluding hydrogens is 464 g/mol. The largest absolute Gasteiger partial charge is 0.401 e. The van der Waals surface area contributed by atoms with Crippen LogP contribution in [0.1, 0.15) is 19.8 Å². The SMILES string of the molecule is CCNC(=NCCCOCC1CCOC1)NCCN(C)CC(F)(F)F.I. The number of nitrogens with zero attached hydrogens (tertiary/aromatic N) is 2. The molecule has 0 amide bonds. The molecule has 6 nitrogen and oxygen atoms in total. The van der Waals surface area contributed by atoms with Crippen LogP contribution < -0.4 is 10.6 Å². The van der Waals surface area contributed by atoms with Gasteiger partial charge in [0.15, 0.2) is 5.96 Å². The Kier molecular flexibility index (Phi) is 14.5. The molecule has 0 bridgehead atoms. The van der Waals surface area contributed by atoms with Crippen molar-refractivity contribution in [3.8, 4) is 0 Å². The number of nitrogens with one attached hydrogen (secondary N) is 2. The Morgan fingerprint density at radius 1 is 1.35 bits per heavy atom. The van der Waals surface area contributed by atoms with E-state index >= 15 is 0 Å². The van der Waals surface area contributed by atoms with Crippen molar-refractivity contribution in [2.24, 2.45) is 10.9 Å². The molecule has 0 radical (unpaired) electrons. The Hall–Kier alpha value is -0.330. The van der Waals surface area contributed by atoms with Gasteiger partial charge >= 0.3 is 6.18 Å². The van der Waals surface area contributed by atoms with Gasteiger partial charge in [0.1, 0.15) is 0 Å². The number of hydrogen-bond donors (Lipinski definition) is 2. The predicted molar refractivity (Wildman–Crippen MR) is 107 cm³/mol. The third-order valence-electron chi connectivity index (χ3n) is 3.67. The second-order valence-corrected chi connectivity index (χ2v) is 6.20. The Morgan fingerprint density at radius 3 is 2.73 bits per heavy atom. The summed E-state index contributed by atoms with van der Waals surface area (Å²) in [5.41, 5.74) is 0. The molecule has 156 valence electrons. The van der Waals surface area contributed by atoms with Gasteiger partial charge in [-0.1, -0.05) is 0 Å². The quantitative estimate of drug-likeness (QED) is 0.199. The summed E-state index contributed by atoms with van der Waals surface area (Å²) in [5.74, 6) is 1.13. The van der Waals surface area contributed by atoms with Gasteiger partial charge in [0.25, 0.3) is 0 Å². The average molecular weight is 496 g/mol. The lowest BCUT2D eigenvalue weighted by Gasteiger charge is -2.19. The molecule has 2 N–H and O–H groups in total. The highest BCUT2D eigenvalue weighted by Gasteiger charge is 2.28. The number of ether oxygens (including phenoxy) is 2. The molecule has 1 rings (SSSR count). The number of alkyl halides is 3. The topological polar surface area (TPSA) is 58.1 Å². The first-order chi connectivity index (χ1) is 11.9. The van der Waals surface area contributed by atoms with Gasteiger partial charge in [-0.3, -0.25) is 9.89 Å². The van der Waals surface area contributed by atoms with E-state index in [0.717, 1.165) is 32.7 Å². The fraction of sp³-hybridized carbons (Fsp3) is 0.938. The minimum atomic E-state index is -4.17. The van der Waals surface area contributed by atoms with Gasteiger partial charge in [-0.05, 0) is 26.8 Å². The lowest BCUT2D eigenvalue weighted by molar-refractivity contribution is -0.142. The van der Waals surface area contributed by atoms with Crippen molar-refractivity contribution < 1.29 is 22.6 Å². The minimum Gasteiger partial charge on any atom is -0.381 e. The molecule has 26 heavy (non-hydrogen) atoms. The first-order valence-corrected chi connectivity index (χ1v) is 8.83. The Labute approximate surface area is 171 Å². The van der Waals surface area contributed by atoms with Gasteiger partial charge in [0.2, 0.25) is 0 Å². The highest BCUT2D eigenvalue weighted by Crippen LogP contribution is 2.15. The van der Waals surface area contributed by atoms with Gasteiger partial charge < -0.3 is 20.1 Å². The minimum absolute atomic E-state index is 0. The lowest BCUT2D eigenvalue weighted by atomic mass is 10.1. The van der Waals surface area contributed by atoms with E-state index in [1.54, 1.807) is 0 Å². The van der Waals surface area contributed by atoms with E-state index < -0.39 is 12.7 Å². The summed E-state index contributed by atoms with van der Waals surface area (Å²) < 4.78 is 47.7. The number of halogens is 4. The summed E-state index contributed by atoms with van der Waals surface area (Å²) in [6, 6.07) is 0. The second kappa shape index (κ2) is 14.7. The molecule has 0 aromatic rings. The first-order valence-electron chi connectivity index (χ1n) is 8.83. The third-order valence-corrected chi connectivity index (χ3v) is 3.67. The molecule has 10 heteroatoms. The van der Waals surface area contributed by atoms with Gasteiger partial charge in [-0.25, -0.2) is 0 Å². The average Bonchev–Trinajstić information content (AvgIpc) is 3.02. The van der Waals surface area contributed by atoms with Gasteiger partial charge in [-0.15, -0.1) is 24.0 Å². The van der Waals surface area contributed by atoms with E-state index in [4.69, 9.17) is 9.47 Å². The van der Waals surface area contributed by atoms with Crippen molar-refractivity contribution >= 4 is 29.9 Å². The Bertz CT molecular complexity index is 381. The summed E-state index contributed by atoms with van der Waals surface area (Å²) in [6.07, 6.45) is -2.30. The molecule has 1 aliphatic heterocycles. The fourth-order valence-electron chi connectivity index (χ4n) is 2.41. The summed E-state index contributed by atoms with van der Waals surface area (Å²) in [5, 5.41) is 6.13. The molecule has 1 heterocycles. The van der Waals surface area contributed by atoms with Gasteiger partial charge in [-0.2, -0.15) is 13.2 Å². The molecule has 0 aliphatic carbocycles. The van der Waals surface area contributed by atoms with Crippen molar-refractivity contribution in [2.45, 2.75) is 25.9 Å². The maximum absolute atomic E-state index is 12.3. The van der Waals surface area contributed by atoms with Crippen LogP contribution in [0.25, 0.3) is 0 Å². The van der Waals surface area contributed by atoms with Crippen LogP contribution in [0.2, 0.25) is 0 Å². The summed E-state index contributed by atoms with van der Waals surface area (Å²) in [6.45, 7) is 6.01. The summed E-state index contributed by atoms with van der Waals surface area (Å²) in [4.78, 5) is 5.64. The zero-order valence-corrected chi connectivity index (χ0v) is 17.9. The number of hydrogen-bond acceptors (Lipinski definition) is 4. The molecule has 1 aliphatic rings. The van der Waals surface area contributed by atoms with Crippen molar-refractivity contribution in [1.29, 1.82) is 0 Å². The predicted octanol–water partition coefficient (Wildman–Crippen LogP) is 2.10. The number of rotatable bonds is 11. The van der Waals surface area contributed by atoms with Gasteiger partial charge in [0, 0.05) is 45.3 Å². The molecule has 0 saturated carbocycles. The number of guanidine groups is 1. The molecule has 1 saturated heterocycles. The van der Waals surface area contributed by atoms with Crippen LogP contribution in [0.5, 0.6) is 0 Å². The van der Waals surface area contributed by atoms with Crippen LogP contribution in [-0.2, 0) is 9.47 Å². The molecule has 0 aromatic heterocycles. The van der Waals surface area contributed by atoms with E-state index in [-0.39, 0.29) is 30.5 Å². The van der Waals surface area contributed by atoms with Gasteiger partial charge in [0.05, 0.1) is 19.8 Å². The summed E-state index contributed by atoms with van der Waals surface area (Å²) in [7, 11) is 1.45. The molecule has 1 atom stereocenters. The highest BCUT2D eigenvalue weighted by molar-refractivity contribution is 14.0. The second-order valence-electron chi connectivity index (χ2n) is 6.20. The van der Waals surface area contributed by atoms with Crippen LogP contribution in [0.4, 0.5) is 13.2 Å². The van der Waals surface area contributed by atoms with Crippen molar-refractivity contribution in [3.05, 3.63) is 0 Å². The van der Waals surface area contributed by atoms with Crippen molar-refractivity contribution in [1.82, 2.24) is 15.5 Å². The third kappa shape index (κ3) is 13.8. The molecule has 0 aromatic carbocycles. The maximum Gasteiger partial charge on any atom is 0.401 e. The Balaban J connectivity index is 0.00000625. The zero-order valence-electron chi connectivity index (χ0n) is 15.6. The fourth-order valence-corrected chi connectivity index (χ4v) is 2.41. The standard InChI is InChI=1S/C16H31F3N4O2.HI/c1-3-20-15(22-7-8-23(2)13-16(17,18)19)21-6-4-9-24-11-14-5-10-25-12-14;/h14H,3-13H2,1-2H3,(H2,20,21,22);1H. The molecule has 1 fully saturated rings. The van der Waals surface area contributed by atoms with Crippen LogP contribution in [0.3, 0.4) is 0 Å². The Morgan fingerprint density at radius 2 is 2.12 bits per heavy atom. The van der Waals surface area contributed by atoms with Crippen molar-refractivity contribution in [3.63, 3.8) is 0 Å². The van der Waals surface area contributed by atoms with Crippen LogP contribution in [-0.4, -0.2) is 83.2 Å². The molecular formula is C16H32F3IN4O2. The van der Waals surface area contributed by atoms with E-state index in [9.17, 15) is 13.2 Å². The highest BCUT2D eigenvalue weighted by atomic mass is 127. The van der Waals surface area contributed by atoms with Crippen LogP contribution in [0.15, 0.2) is 4.99 Å². The lowest BCUT2D eigenvalue weighted by Crippen LogP contribution is -2.42. The van der Waals surface area contributed by atoms with Crippen LogP contribution in [0, 0.1) is 5.92 Å². The van der Waals surface area contributed by atoms with E-state index in [0.29, 0.717) is 38.1 Å².